The van der Waals surface area contributed by atoms with E-state index in [-0.39, 0.29) is 34.7 Å². The molecule has 0 saturated carbocycles. The van der Waals surface area contributed by atoms with Gasteiger partial charge in [-0.15, -0.1) is 11.3 Å². The molecule has 0 unspecified atom stereocenters. The van der Waals surface area contributed by atoms with Gasteiger partial charge in [-0.3, -0.25) is 24.2 Å². The summed E-state index contributed by atoms with van der Waals surface area (Å²) in [5.41, 5.74) is 0.784. The van der Waals surface area contributed by atoms with Gasteiger partial charge in [0.25, 0.3) is 5.91 Å². The topological polar surface area (TPSA) is 143 Å². The van der Waals surface area contributed by atoms with Crippen LogP contribution in [0, 0.1) is 11.8 Å². The van der Waals surface area contributed by atoms with E-state index in [1.807, 2.05) is 38.1 Å². The normalized spacial score (nSPS) is 17.0. The highest BCUT2D eigenvalue weighted by atomic mass is 32.1. The van der Waals surface area contributed by atoms with Crippen molar-refractivity contribution in [2.24, 2.45) is 11.8 Å². The van der Waals surface area contributed by atoms with Gasteiger partial charge in [0.2, 0.25) is 17.6 Å². The number of hydrogen-bond donors (Lipinski definition) is 3. The number of ketones is 1. The molecule has 3 aromatic rings. The van der Waals surface area contributed by atoms with Gasteiger partial charge in [-0.05, 0) is 37.3 Å². The number of para-hydroxylation sites is 1. The van der Waals surface area contributed by atoms with E-state index < -0.39 is 29.8 Å². The molecule has 1 fully saturated rings. The molecule has 11 heteroatoms. The van der Waals surface area contributed by atoms with Crippen LogP contribution in [0.1, 0.15) is 53.4 Å². The van der Waals surface area contributed by atoms with Gasteiger partial charge < -0.3 is 16.0 Å². The van der Waals surface area contributed by atoms with E-state index in [4.69, 9.17) is 0 Å². The number of carbonyl (C=O) groups excluding carboxylic acids is 4. The van der Waals surface area contributed by atoms with Gasteiger partial charge in [0.15, 0.2) is 5.01 Å². The van der Waals surface area contributed by atoms with E-state index in [9.17, 15) is 19.2 Å². The van der Waals surface area contributed by atoms with Gasteiger partial charge in [-0.25, -0.2) is 9.97 Å². The molecule has 188 valence electrons. The lowest BCUT2D eigenvalue weighted by atomic mass is 9.95. The molecule has 0 radical (unpaired) electrons. The predicted octanol–water partition coefficient (Wildman–Crippen LogP) is 2.12. The zero-order valence-corrected chi connectivity index (χ0v) is 20.9. The minimum Gasteiger partial charge on any atom is -0.356 e. The van der Waals surface area contributed by atoms with Crippen molar-refractivity contribution in [3.05, 3.63) is 53.6 Å². The van der Waals surface area contributed by atoms with Crippen LogP contribution in [0.25, 0.3) is 10.2 Å². The van der Waals surface area contributed by atoms with Gasteiger partial charge in [-0.2, -0.15) is 0 Å². The lowest BCUT2D eigenvalue weighted by molar-refractivity contribution is -0.125. The third-order valence-electron chi connectivity index (χ3n) is 5.95. The van der Waals surface area contributed by atoms with E-state index in [0.717, 1.165) is 4.70 Å². The summed E-state index contributed by atoms with van der Waals surface area (Å²) >= 11 is 1.25. The number of nitrogens with zero attached hydrogens (tertiary/aromatic N) is 3. The number of fused-ring (bicyclic) bond motifs is 1. The minimum absolute atomic E-state index is 0.0851. The van der Waals surface area contributed by atoms with Gasteiger partial charge in [0, 0.05) is 24.9 Å². The average molecular weight is 509 g/mol. The molecule has 0 aliphatic carbocycles. The fourth-order valence-electron chi connectivity index (χ4n) is 4.14. The van der Waals surface area contributed by atoms with Crippen LogP contribution in [0.4, 0.5) is 0 Å². The van der Waals surface area contributed by atoms with Crippen molar-refractivity contribution in [1.29, 1.82) is 0 Å². The van der Waals surface area contributed by atoms with E-state index >= 15 is 0 Å². The zero-order chi connectivity index (χ0) is 25.7. The van der Waals surface area contributed by atoms with Gasteiger partial charge in [0.05, 0.1) is 22.5 Å². The van der Waals surface area contributed by atoms with Crippen molar-refractivity contribution < 1.29 is 19.2 Å². The molecule has 0 bridgehead atoms. The summed E-state index contributed by atoms with van der Waals surface area (Å²) in [5, 5.41) is 8.58. The molecule has 1 saturated heterocycles. The zero-order valence-electron chi connectivity index (χ0n) is 20.1. The summed E-state index contributed by atoms with van der Waals surface area (Å²) in [4.78, 5) is 64.2. The molecular weight excluding hydrogens is 480 g/mol. The Balaban J connectivity index is 1.56. The maximum atomic E-state index is 13.5. The molecule has 4 rings (SSSR count). The molecule has 1 aliphatic heterocycles. The van der Waals surface area contributed by atoms with Crippen LogP contribution in [0.15, 0.2) is 42.9 Å². The Morgan fingerprint density at radius 1 is 1.14 bits per heavy atom. The molecule has 3 N–H and O–H groups in total. The van der Waals surface area contributed by atoms with Crippen molar-refractivity contribution in [2.45, 2.75) is 45.2 Å². The molecule has 3 atom stereocenters. The molecule has 36 heavy (non-hydrogen) atoms. The number of thiazole rings is 1. The van der Waals surface area contributed by atoms with Crippen LogP contribution < -0.4 is 16.0 Å². The molecule has 3 amide bonds. The van der Waals surface area contributed by atoms with Crippen molar-refractivity contribution in [3.63, 3.8) is 0 Å². The van der Waals surface area contributed by atoms with E-state index in [1.54, 1.807) is 0 Å². The van der Waals surface area contributed by atoms with Crippen LogP contribution >= 0.6 is 11.3 Å². The Kier molecular flexibility index (Phi) is 7.99. The van der Waals surface area contributed by atoms with E-state index in [1.165, 1.54) is 29.9 Å². The highest BCUT2D eigenvalue weighted by Crippen LogP contribution is 2.25. The van der Waals surface area contributed by atoms with Gasteiger partial charge >= 0.3 is 0 Å². The summed E-state index contributed by atoms with van der Waals surface area (Å²) < 4.78 is 0.860. The second-order valence-corrected chi connectivity index (χ2v) is 10.2. The highest BCUT2D eigenvalue weighted by Gasteiger charge is 2.35. The quantitative estimate of drug-likeness (QED) is 0.356. The first kappa shape index (κ1) is 25.4. The van der Waals surface area contributed by atoms with Crippen LogP contribution in [0.2, 0.25) is 0 Å². The van der Waals surface area contributed by atoms with Crippen molar-refractivity contribution in [3.8, 4) is 0 Å². The predicted molar refractivity (Wildman–Crippen MR) is 134 cm³/mol. The monoisotopic (exact) mass is 508 g/mol. The Morgan fingerprint density at radius 3 is 2.61 bits per heavy atom. The maximum absolute atomic E-state index is 13.5. The number of amides is 3. The molecule has 1 aliphatic rings. The van der Waals surface area contributed by atoms with Gasteiger partial charge in [0.1, 0.15) is 11.7 Å². The van der Waals surface area contributed by atoms with E-state index in [2.05, 4.69) is 30.9 Å². The largest absolute Gasteiger partial charge is 0.356 e. The first-order valence-electron chi connectivity index (χ1n) is 11.9. The van der Waals surface area contributed by atoms with Crippen LogP contribution in [-0.2, 0) is 9.59 Å². The Morgan fingerprint density at radius 2 is 1.94 bits per heavy atom. The molecular formula is C25H28N6O4S. The smallest absolute Gasteiger partial charge is 0.272 e. The number of carbonyl (C=O) groups is 4. The number of aromatic nitrogens is 3. The Hall–Kier alpha value is -3.73. The summed E-state index contributed by atoms with van der Waals surface area (Å²) in [6.07, 6.45) is 5.25. The molecule has 2 aromatic heterocycles. The number of hydrogen-bond acceptors (Lipinski definition) is 8. The lowest BCUT2D eigenvalue weighted by Gasteiger charge is -2.24. The summed E-state index contributed by atoms with van der Waals surface area (Å²) in [6.45, 7) is 4.40. The molecule has 10 nitrogen and oxygen atoms in total. The first-order valence-corrected chi connectivity index (χ1v) is 12.7. The van der Waals surface area contributed by atoms with Crippen LogP contribution in [-0.4, -0.2) is 57.1 Å². The Labute approximate surface area is 212 Å². The maximum Gasteiger partial charge on any atom is 0.272 e. The van der Waals surface area contributed by atoms with E-state index in [0.29, 0.717) is 24.9 Å². The number of nitrogens with one attached hydrogen (secondary N) is 3. The minimum atomic E-state index is -0.963. The summed E-state index contributed by atoms with van der Waals surface area (Å²) in [6, 6.07) is 5.55. The SMILES string of the molecule is CC(C)C[C@H](NC(=O)c1cnccn1)C(=O)N[C@@H](C[C@@H]1CCNC1=O)C(=O)c1nc2ccccc2s1. The van der Waals surface area contributed by atoms with Crippen LogP contribution in [0.5, 0.6) is 0 Å². The van der Waals surface area contributed by atoms with Crippen molar-refractivity contribution in [2.75, 3.05) is 6.54 Å². The fourth-order valence-corrected chi connectivity index (χ4v) is 5.10. The van der Waals surface area contributed by atoms with Crippen molar-refractivity contribution >= 4 is 45.1 Å². The highest BCUT2D eigenvalue weighted by molar-refractivity contribution is 7.20. The second kappa shape index (κ2) is 11.3. The van der Waals surface area contributed by atoms with Crippen LogP contribution in [0.3, 0.4) is 0 Å². The standard InChI is InChI=1S/C25H28N6O4S/c1-14(2)11-18(30-24(35)19-13-26-9-10-27-19)23(34)29-17(12-15-7-8-28-22(15)33)21(32)25-31-16-5-3-4-6-20(16)36-25/h3-6,9-10,13-15,17-18H,7-8,11-12H2,1-2H3,(H,28,33)(H,29,34)(H,30,35)/t15-,17-,18-/m0/s1. The first-order chi connectivity index (χ1) is 17.3. The number of benzene rings is 1. The third kappa shape index (κ3) is 6.09. The molecule has 3 heterocycles. The van der Waals surface area contributed by atoms with Gasteiger partial charge in [-0.1, -0.05) is 26.0 Å². The Bertz CT molecular complexity index is 1230. The van der Waals surface area contributed by atoms with Crippen molar-refractivity contribution in [1.82, 2.24) is 30.9 Å². The lowest BCUT2D eigenvalue weighted by Crippen LogP contribution is -2.52. The molecule has 1 aromatic carbocycles. The summed E-state index contributed by atoms with van der Waals surface area (Å²) in [5.74, 6) is -1.84. The third-order valence-corrected chi connectivity index (χ3v) is 7.00. The number of Topliss-reactive ketones (excluding diaryl/α,β-unsaturated/α-hetero) is 1. The second-order valence-electron chi connectivity index (χ2n) is 9.17. The average Bonchev–Trinajstić information content (AvgIpc) is 3.48. The summed E-state index contributed by atoms with van der Waals surface area (Å²) in [7, 11) is 0. The number of rotatable bonds is 10. The molecule has 0 spiro atoms. The fraction of sp³-hybridized carbons (Fsp3) is 0.400.